The van der Waals surface area contributed by atoms with Crippen molar-refractivity contribution in [2.24, 2.45) is 11.8 Å². The Morgan fingerprint density at radius 2 is 1.79 bits per heavy atom. The smallest absolute Gasteiger partial charge is 0.338 e. The summed E-state index contributed by atoms with van der Waals surface area (Å²) in [5.41, 5.74) is -1.52. The van der Waals surface area contributed by atoms with Crippen LogP contribution in [-0.4, -0.2) is 41.9 Å². The van der Waals surface area contributed by atoms with Gasteiger partial charge in [-0.3, -0.25) is 14.6 Å². The number of hydrogen-bond donors (Lipinski definition) is 3. The number of hydrogen-bond acceptors (Lipinski definition) is 5. The molecule has 3 heterocycles. The maximum Gasteiger partial charge on any atom is 0.338 e. The molecule has 16 heteroatoms. The Bertz CT molecular complexity index is 2110. The van der Waals surface area contributed by atoms with Crippen LogP contribution in [0, 0.1) is 29.3 Å². The van der Waals surface area contributed by atoms with E-state index in [9.17, 15) is 36.6 Å². The van der Waals surface area contributed by atoms with Crippen molar-refractivity contribution in [1.82, 2.24) is 30.3 Å². The lowest BCUT2D eigenvalue weighted by molar-refractivity contribution is -0.123. The van der Waals surface area contributed by atoms with Gasteiger partial charge in [-0.1, -0.05) is 13.0 Å². The lowest BCUT2D eigenvalue weighted by Gasteiger charge is -2.23. The van der Waals surface area contributed by atoms with Gasteiger partial charge in [0.25, 0.3) is 12.3 Å². The number of fused-ring (bicyclic) bond motifs is 4. The third-order valence-electron chi connectivity index (χ3n) is 8.95. The van der Waals surface area contributed by atoms with Crippen molar-refractivity contribution >= 4 is 22.9 Å². The van der Waals surface area contributed by atoms with Crippen LogP contribution in [0.1, 0.15) is 63.9 Å². The minimum atomic E-state index is -3.51. The second kappa shape index (κ2) is 11.2. The van der Waals surface area contributed by atoms with Crippen LogP contribution in [0.15, 0.2) is 48.7 Å². The first-order valence-corrected chi connectivity index (χ1v) is 14.6. The predicted molar refractivity (Wildman–Crippen MR) is 154 cm³/mol. The van der Waals surface area contributed by atoms with Crippen molar-refractivity contribution in [3.8, 4) is 11.1 Å². The molecule has 1 fully saturated rings. The lowest BCUT2D eigenvalue weighted by atomic mass is 9.94. The highest BCUT2D eigenvalue weighted by Gasteiger charge is 2.71. The zero-order chi connectivity index (χ0) is 34.2. The van der Waals surface area contributed by atoms with Crippen LogP contribution in [0.5, 0.6) is 0 Å². The summed E-state index contributed by atoms with van der Waals surface area (Å²) >= 11 is 0. The summed E-state index contributed by atoms with van der Waals surface area (Å²) in [5.74, 6) is -11.5. The Hall–Kier alpha value is -5.28. The van der Waals surface area contributed by atoms with Crippen molar-refractivity contribution in [1.29, 1.82) is 0 Å². The number of carboxylic acids is 1. The molecular weight excluding hydrogens is 649 g/mol. The van der Waals surface area contributed by atoms with Crippen LogP contribution in [0.4, 0.5) is 30.7 Å². The molecule has 0 spiro atoms. The Balaban J connectivity index is 1.31. The molecule has 5 aromatic rings. The van der Waals surface area contributed by atoms with E-state index in [2.05, 4.69) is 25.6 Å². The fourth-order valence-electron chi connectivity index (χ4n) is 6.87. The minimum Gasteiger partial charge on any atom is -0.478 e. The number of carbonyl (C=O) groups excluding carboxylic acids is 1. The van der Waals surface area contributed by atoms with E-state index < -0.39 is 89.0 Å². The van der Waals surface area contributed by atoms with E-state index in [0.29, 0.717) is 16.3 Å². The predicted octanol–water partition coefficient (Wildman–Crippen LogP) is 6.43. The van der Waals surface area contributed by atoms with E-state index in [0.717, 1.165) is 24.3 Å². The first kappa shape index (κ1) is 31.3. The lowest BCUT2D eigenvalue weighted by Crippen LogP contribution is -2.35. The highest BCUT2D eigenvalue weighted by molar-refractivity contribution is 5.91. The molecule has 3 aromatic heterocycles. The number of pyridine rings is 1. The molecule has 0 aliphatic heterocycles. The number of rotatable bonds is 9. The quantitative estimate of drug-likeness (QED) is 0.155. The number of amides is 1. The minimum absolute atomic E-state index is 0.0178. The van der Waals surface area contributed by atoms with E-state index >= 15 is 8.78 Å². The summed E-state index contributed by atoms with van der Waals surface area (Å²) in [6.07, 6.45) is -2.15. The van der Waals surface area contributed by atoms with Crippen LogP contribution in [0.3, 0.4) is 0 Å². The van der Waals surface area contributed by atoms with Gasteiger partial charge >= 0.3 is 5.97 Å². The zero-order valence-corrected chi connectivity index (χ0v) is 24.6. The van der Waals surface area contributed by atoms with Gasteiger partial charge in [0.05, 0.1) is 29.0 Å². The third kappa shape index (κ3) is 5.15. The summed E-state index contributed by atoms with van der Waals surface area (Å²) in [4.78, 5) is 29.9. The van der Waals surface area contributed by atoms with Gasteiger partial charge in [-0.15, -0.1) is 0 Å². The molecule has 1 saturated carbocycles. The number of nitrogens with zero attached hydrogens (tertiary/aromatic N) is 4. The Morgan fingerprint density at radius 1 is 1.06 bits per heavy atom. The molecule has 0 bridgehead atoms. The van der Waals surface area contributed by atoms with Gasteiger partial charge in [0.15, 0.2) is 0 Å². The van der Waals surface area contributed by atoms with Crippen LogP contribution in [-0.2, 0) is 23.7 Å². The summed E-state index contributed by atoms with van der Waals surface area (Å²) in [6.45, 7) is 0.628. The monoisotopic (exact) mass is 672 g/mol. The third-order valence-corrected chi connectivity index (χ3v) is 8.95. The second-order valence-electron chi connectivity index (χ2n) is 12.0. The number of halogens is 7. The second-order valence-corrected chi connectivity index (χ2v) is 12.0. The summed E-state index contributed by atoms with van der Waals surface area (Å²) < 4.78 is 102. The van der Waals surface area contributed by atoms with Gasteiger partial charge in [0.2, 0.25) is 5.91 Å². The number of alkyl halides is 4. The number of benzene rings is 2. The van der Waals surface area contributed by atoms with Gasteiger partial charge in [-0.25, -0.2) is 31.7 Å². The van der Waals surface area contributed by atoms with Crippen molar-refractivity contribution in [2.45, 2.75) is 44.2 Å². The van der Waals surface area contributed by atoms with E-state index in [1.807, 2.05) is 0 Å². The Labute approximate surface area is 265 Å². The molecule has 7 rings (SSSR count). The molecule has 4 atom stereocenters. The van der Waals surface area contributed by atoms with E-state index in [-0.39, 0.29) is 39.9 Å². The molecule has 1 amide bonds. The molecule has 0 saturated heterocycles. The molecule has 0 radical (unpaired) electrons. The van der Waals surface area contributed by atoms with E-state index in [1.54, 1.807) is 0 Å². The van der Waals surface area contributed by atoms with Crippen LogP contribution in [0.2, 0.25) is 0 Å². The van der Waals surface area contributed by atoms with Gasteiger partial charge < -0.3 is 10.4 Å². The fraction of sp³-hybridized carbons (Fsp3) is 0.281. The van der Waals surface area contributed by atoms with Crippen molar-refractivity contribution in [3.05, 3.63) is 99.9 Å². The number of carboxylic acid groups (broad SMARTS) is 1. The van der Waals surface area contributed by atoms with Crippen LogP contribution < -0.4 is 5.32 Å². The molecule has 2 aromatic carbocycles. The number of aromatic amines is 1. The Kier molecular flexibility index (Phi) is 7.29. The summed E-state index contributed by atoms with van der Waals surface area (Å²) in [5, 5.41) is 22.5. The molecule has 48 heavy (non-hydrogen) atoms. The van der Waals surface area contributed by atoms with E-state index in [1.165, 1.54) is 25.3 Å². The number of aromatic nitrogens is 5. The maximum atomic E-state index is 15.4. The van der Waals surface area contributed by atoms with Crippen LogP contribution in [0.25, 0.3) is 22.2 Å². The number of H-pyrrole nitrogens is 1. The summed E-state index contributed by atoms with van der Waals surface area (Å²) in [7, 11) is 0. The van der Waals surface area contributed by atoms with Gasteiger partial charge in [-0.2, -0.15) is 19.0 Å². The first-order chi connectivity index (χ1) is 22.7. The van der Waals surface area contributed by atoms with Crippen LogP contribution >= 0.6 is 0 Å². The molecule has 2 aliphatic carbocycles. The average molecular weight is 673 g/mol. The molecular formula is C32H23F7N6O3. The van der Waals surface area contributed by atoms with Crippen molar-refractivity contribution < 1.29 is 45.4 Å². The summed E-state index contributed by atoms with van der Waals surface area (Å²) in [6, 6.07) is 6.07. The molecule has 2 unspecified atom stereocenters. The average Bonchev–Trinajstić information content (AvgIpc) is 3.29. The topological polar surface area (TPSA) is 126 Å². The Morgan fingerprint density at radius 3 is 2.48 bits per heavy atom. The first-order valence-electron chi connectivity index (χ1n) is 14.6. The van der Waals surface area contributed by atoms with Gasteiger partial charge in [-0.05, 0) is 53.8 Å². The standard InChI is InChI=1S/C32H23F7N6O3/c1-12-24-25-28(30(36)37)44-45(29(25)32(38,39)26(12)24)11-23(46)41-21(6-13-4-15(33)8-16(34)5-13)27-17(9-20-22(42-27)10-40-43-20)14-2-3-19(35)18(7-14)31(47)48/h2-5,7-10,12,21,24,26,30H,6,11H2,1H3,(H,40,43)(H,41,46)(H,47,48)/t12-,21+,24?,26?/m1/s1. The highest BCUT2D eigenvalue weighted by Crippen LogP contribution is 2.71. The maximum absolute atomic E-state index is 15.4. The number of aromatic carboxylic acids is 1. The van der Waals surface area contributed by atoms with Gasteiger partial charge in [0.1, 0.15) is 40.9 Å². The molecule has 248 valence electrons. The highest BCUT2D eigenvalue weighted by atomic mass is 19.3. The largest absolute Gasteiger partial charge is 0.478 e. The molecule has 3 N–H and O–H groups in total. The van der Waals surface area contributed by atoms with Crippen molar-refractivity contribution in [2.75, 3.05) is 0 Å². The van der Waals surface area contributed by atoms with Gasteiger partial charge in [0, 0.05) is 29.0 Å². The fourth-order valence-corrected chi connectivity index (χ4v) is 6.87. The number of nitrogens with one attached hydrogen (secondary N) is 2. The molecule has 2 aliphatic rings. The van der Waals surface area contributed by atoms with Crippen molar-refractivity contribution in [3.63, 3.8) is 0 Å². The molecule has 9 nitrogen and oxygen atoms in total. The normalized spacial score (nSPS) is 19.7. The number of carbonyl (C=O) groups is 2. The van der Waals surface area contributed by atoms with E-state index in [4.69, 9.17) is 0 Å². The SMILES string of the molecule is C[C@@H]1C2c3c(C(F)F)nn(CC(=O)N[C@@H](Cc4cc(F)cc(F)c4)c4nc5cn[nH]c5cc4-c4ccc(F)c(C(=O)O)c4)c3C(F)(F)C21. The zero-order valence-electron chi connectivity index (χ0n) is 24.6.